The molecule has 0 radical (unpaired) electrons. The third-order valence-corrected chi connectivity index (χ3v) is 4.77. The van der Waals surface area contributed by atoms with E-state index in [1.807, 2.05) is 18.2 Å². The number of nitrogens with two attached hydrogens (primary N) is 1. The summed E-state index contributed by atoms with van der Waals surface area (Å²) in [4.78, 5) is 18.3. The smallest absolute Gasteiger partial charge is 0.217 e. The van der Waals surface area contributed by atoms with Gasteiger partial charge < -0.3 is 25.4 Å². The monoisotopic (exact) mass is 504 g/mol. The largest absolute Gasteiger partial charge is 0.497 e. The molecule has 8 heteroatoms. The average Bonchev–Trinajstić information content (AvgIpc) is 2.67. The molecule has 1 atom stereocenters. The number of benzene rings is 1. The molecule has 7 nitrogen and oxygen atoms in total. The van der Waals surface area contributed by atoms with Crippen molar-refractivity contribution in [3.05, 3.63) is 23.8 Å². The number of ether oxygens (including phenoxy) is 2. The molecule has 2 rings (SSSR count). The van der Waals surface area contributed by atoms with Gasteiger partial charge in [0, 0.05) is 32.6 Å². The van der Waals surface area contributed by atoms with Crippen LogP contribution in [-0.4, -0.2) is 57.2 Å². The summed E-state index contributed by atoms with van der Waals surface area (Å²) in [7, 11) is 3.33. The highest BCUT2D eigenvalue weighted by Crippen LogP contribution is 2.24. The van der Waals surface area contributed by atoms with E-state index in [9.17, 15) is 4.79 Å². The van der Waals surface area contributed by atoms with Gasteiger partial charge in [0.15, 0.2) is 5.96 Å². The topological polar surface area (TPSA) is 89.2 Å². The van der Waals surface area contributed by atoms with Gasteiger partial charge in [-0.2, -0.15) is 0 Å². The van der Waals surface area contributed by atoms with E-state index < -0.39 is 0 Å². The highest BCUT2D eigenvalue weighted by atomic mass is 127. The van der Waals surface area contributed by atoms with Crippen molar-refractivity contribution < 1.29 is 14.3 Å². The highest BCUT2D eigenvalue weighted by molar-refractivity contribution is 14.0. The van der Waals surface area contributed by atoms with E-state index in [0.717, 1.165) is 61.9 Å². The molecule has 1 amide bonds. The van der Waals surface area contributed by atoms with Crippen molar-refractivity contribution in [2.45, 2.75) is 32.6 Å². The molecule has 0 spiro atoms. The zero-order chi connectivity index (χ0) is 19.6. The Kier molecular flexibility index (Phi) is 11.0. The number of methoxy groups -OCH3 is 2. The van der Waals surface area contributed by atoms with Gasteiger partial charge in [-0.15, -0.1) is 24.0 Å². The molecule has 0 bridgehead atoms. The number of rotatable bonds is 8. The fourth-order valence-electron chi connectivity index (χ4n) is 3.49. The summed E-state index contributed by atoms with van der Waals surface area (Å²) >= 11 is 0. The van der Waals surface area contributed by atoms with Crippen LogP contribution in [0, 0.1) is 5.92 Å². The fraction of sp³-hybridized carbons (Fsp3) is 0.600. The molecular weight excluding hydrogens is 471 g/mol. The van der Waals surface area contributed by atoms with Crippen molar-refractivity contribution in [2.75, 3.05) is 40.4 Å². The van der Waals surface area contributed by atoms with Crippen LogP contribution in [0.1, 0.15) is 31.7 Å². The zero-order valence-electron chi connectivity index (χ0n) is 17.1. The summed E-state index contributed by atoms with van der Waals surface area (Å²) < 4.78 is 10.8. The van der Waals surface area contributed by atoms with Crippen molar-refractivity contribution >= 4 is 35.8 Å². The second-order valence-corrected chi connectivity index (χ2v) is 6.79. The van der Waals surface area contributed by atoms with E-state index >= 15 is 0 Å². The fourth-order valence-corrected chi connectivity index (χ4v) is 3.49. The number of guanidine groups is 1. The van der Waals surface area contributed by atoms with Crippen molar-refractivity contribution in [1.29, 1.82) is 0 Å². The number of primary amides is 1. The lowest BCUT2D eigenvalue weighted by atomic mass is 9.95. The van der Waals surface area contributed by atoms with Crippen LogP contribution >= 0.6 is 24.0 Å². The van der Waals surface area contributed by atoms with E-state index in [1.54, 1.807) is 14.2 Å². The maximum atomic E-state index is 11.2. The Balaban J connectivity index is 0.00000392. The Labute approximate surface area is 185 Å². The van der Waals surface area contributed by atoms with E-state index in [-0.39, 0.29) is 29.9 Å². The van der Waals surface area contributed by atoms with Gasteiger partial charge >= 0.3 is 0 Å². The predicted molar refractivity (Wildman–Crippen MR) is 123 cm³/mol. The Hall–Kier alpha value is -1.71. The number of carbonyl (C=O) groups excluding carboxylic acids is 1. The Morgan fingerprint density at radius 1 is 1.36 bits per heavy atom. The molecule has 28 heavy (non-hydrogen) atoms. The zero-order valence-corrected chi connectivity index (χ0v) is 19.4. The van der Waals surface area contributed by atoms with Gasteiger partial charge in [0.25, 0.3) is 0 Å². The molecule has 0 saturated carbocycles. The number of nitrogens with one attached hydrogen (secondary N) is 1. The lowest BCUT2D eigenvalue weighted by Crippen LogP contribution is -2.47. The third kappa shape index (κ3) is 7.37. The molecule has 1 aliphatic heterocycles. The summed E-state index contributed by atoms with van der Waals surface area (Å²) in [6, 6.07) is 5.80. The van der Waals surface area contributed by atoms with E-state index in [2.05, 4.69) is 17.1 Å². The number of aliphatic imine (C=N–C) groups is 1. The first-order valence-corrected chi connectivity index (χ1v) is 9.59. The normalized spacial score (nSPS) is 16.9. The number of carbonyl (C=O) groups is 1. The van der Waals surface area contributed by atoms with Gasteiger partial charge in [-0.05, 0) is 55.9 Å². The molecule has 0 aromatic heterocycles. The molecule has 3 N–H and O–H groups in total. The molecule has 1 aliphatic rings. The van der Waals surface area contributed by atoms with E-state index in [0.29, 0.717) is 18.9 Å². The van der Waals surface area contributed by atoms with Gasteiger partial charge in [0.1, 0.15) is 11.5 Å². The molecule has 1 unspecified atom stereocenters. The van der Waals surface area contributed by atoms with Crippen molar-refractivity contribution in [1.82, 2.24) is 10.2 Å². The third-order valence-electron chi connectivity index (χ3n) is 4.77. The summed E-state index contributed by atoms with van der Waals surface area (Å²) in [6.07, 6.45) is 3.29. The van der Waals surface area contributed by atoms with Crippen LogP contribution < -0.4 is 20.5 Å². The number of halogens is 1. The first-order valence-electron chi connectivity index (χ1n) is 9.59. The number of hydrogen-bond acceptors (Lipinski definition) is 4. The average molecular weight is 504 g/mol. The quantitative estimate of drug-likeness (QED) is 0.323. The van der Waals surface area contributed by atoms with E-state index in [1.165, 1.54) is 0 Å². The van der Waals surface area contributed by atoms with Crippen LogP contribution in [0.3, 0.4) is 0 Å². The minimum Gasteiger partial charge on any atom is -0.497 e. The van der Waals surface area contributed by atoms with Crippen LogP contribution in [0.25, 0.3) is 0 Å². The van der Waals surface area contributed by atoms with Crippen molar-refractivity contribution in [3.8, 4) is 11.5 Å². The molecule has 1 heterocycles. The molecule has 0 aliphatic carbocycles. The van der Waals surface area contributed by atoms with Gasteiger partial charge in [-0.1, -0.05) is 0 Å². The summed E-state index contributed by atoms with van der Waals surface area (Å²) in [6.45, 7) is 5.27. The first kappa shape index (κ1) is 24.3. The summed E-state index contributed by atoms with van der Waals surface area (Å²) in [5.41, 5.74) is 6.44. The molecule has 1 aromatic carbocycles. The molecule has 1 aromatic rings. The Morgan fingerprint density at radius 3 is 2.79 bits per heavy atom. The van der Waals surface area contributed by atoms with Gasteiger partial charge in [0.2, 0.25) is 5.91 Å². The maximum Gasteiger partial charge on any atom is 0.217 e. The predicted octanol–water partition coefficient (Wildman–Crippen LogP) is 2.42. The van der Waals surface area contributed by atoms with Crippen molar-refractivity contribution in [2.24, 2.45) is 16.6 Å². The van der Waals surface area contributed by atoms with Crippen LogP contribution in [0.4, 0.5) is 0 Å². The number of amides is 1. The van der Waals surface area contributed by atoms with Gasteiger partial charge in [-0.3, -0.25) is 9.79 Å². The molecule has 158 valence electrons. The highest BCUT2D eigenvalue weighted by Gasteiger charge is 2.23. The Morgan fingerprint density at radius 2 is 2.14 bits per heavy atom. The number of likely N-dealkylation sites (tertiary alicyclic amines) is 1. The Bertz CT molecular complexity index is 654. The van der Waals surface area contributed by atoms with Crippen LogP contribution in [0.5, 0.6) is 11.5 Å². The number of hydrogen-bond donors (Lipinski definition) is 2. The summed E-state index contributed by atoms with van der Waals surface area (Å²) in [5, 5.41) is 3.37. The minimum absolute atomic E-state index is 0. The van der Waals surface area contributed by atoms with Gasteiger partial charge in [-0.25, -0.2) is 0 Å². The summed E-state index contributed by atoms with van der Waals surface area (Å²) in [5.74, 6) is 2.63. The lowest BCUT2D eigenvalue weighted by Gasteiger charge is -2.34. The second kappa shape index (κ2) is 12.7. The SMILES string of the molecule is CCNC(=NCCc1cc(OC)ccc1OC)N1CCCC(CC(N)=O)C1.I. The van der Waals surface area contributed by atoms with Gasteiger partial charge in [0.05, 0.1) is 14.2 Å². The lowest BCUT2D eigenvalue weighted by molar-refractivity contribution is -0.119. The van der Waals surface area contributed by atoms with Crippen molar-refractivity contribution in [3.63, 3.8) is 0 Å². The van der Waals surface area contributed by atoms with Crippen LogP contribution in [0.2, 0.25) is 0 Å². The molecule has 1 saturated heterocycles. The molecular formula is C20H33IN4O3. The van der Waals surface area contributed by atoms with Crippen LogP contribution in [0.15, 0.2) is 23.2 Å². The number of nitrogens with zero attached hydrogens (tertiary/aromatic N) is 2. The molecule has 1 fully saturated rings. The maximum absolute atomic E-state index is 11.2. The van der Waals surface area contributed by atoms with E-state index in [4.69, 9.17) is 20.2 Å². The number of piperidine rings is 1. The standard InChI is InChI=1S/C20H32N4O3.HI/c1-4-22-20(24-11-5-6-15(14-24)12-19(21)25)23-10-9-16-13-17(26-2)7-8-18(16)27-3;/h7-8,13,15H,4-6,9-12,14H2,1-3H3,(H2,21,25)(H,22,23);1H. The van der Waals surface area contributed by atoms with Crippen LogP contribution in [-0.2, 0) is 11.2 Å². The minimum atomic E-state index is -0.228. The first-order chi connectivity index (χ1) is 13.1. The second-order valence-electron chi connectivity index (χ2n) is 6.79.